The molecule has 9 heavy (non-hydrogen) atoms. The van der Waals surface area contributed by atoms with E-state index in [9.17, 15) is 0 Å². The van der Waals surface area contributed by atoms with Crippen LogP contribution in [0, 0.1) is 0 Å². The van der Waals surface area contributed by atoms with Crippen molar-refractivity contribution in [3.63, 3.8) is 0 Å². The summed E-state index contributed by atoms with van der Waals surface area (Å²) < 4.78 is 0. The second-order valence-corrected chi connectivity index (χ2v) is 3.34. The molecule has 0 aromatic heterocycles. The van der Waals surface area contributed by atoms with Crippen LogP contribution in [0.3, 0.4) is 0 Å². The largest absolute Gasteiger partial charge is 0.270 e. The first kappa shape index (κ1) is 5.47. The van der Waals surface area contributed by atoms with Gasteiger partial charge in [-0.1, -0.05) is 0 Å². The van der Waals surface area contributed by atoms with E-state index in [0.717, 1.165) is 6.42 Å². The van der Waals surface area contributed by atoms with Crippen LogP contribution >= 0.6 is 11.8 Å². The van der Waals surface area contributed by atoms with Crippen molar-refractivity contribution in [3.05, 3.63) is 0 Å². The van der Waals surface area contributed by atoms with Gasteiger partial charge in [-0.2, -0.15) is 0 Å². The van der Waals surface area contributed by atoms with Crippen LogP contribution in [-0.4, -0.2) is 23.2 Å². The van der Waals surface area contributed by atoms with E-state index < -0.39 is 0 Å². The second kappa shape index (κ2) is 2.14. The fourth-order valence-corrected chi connectivity index (χ4v) is 2.02. The van der Waals surface area contributed by atoms with E-state index in [0.29, 0.717) is 5.25 Å². The van der Waals surface area contributed by atoms with Gasteiger partial charge in [0.05, 0.1) is 10.8 Å². The average molecular weight is 140 g/mol. The summed E-state index contributed by atoms with van der Waals surface area (Å²) in [4.78, 5) is 8.45. The quantitative estimate of drug-likeness (QED) is 0.498. The molecular weight excluding hydrogens is 132 g/mol. The second-order valence-electron chi connectivity index (χ2n) is 2.25. The Bertz CT molecular complexity index is 164. The highest BCUT2D eigenvalue weighted by atomic mass is 32.2. The number of thioether (sulfide) groups is 1. The molecule has 0 amide bonds. The lowest BCUT2D eigenvalue weighted by Gasteiger charge is -2.15. The third-order valence-electron chi connectivity index (χ3n) is 1.62. The zero-order chi connectivity index (χ0) is 6.10. The number of rotatable bonds is 0. The van der Waals surface area contributed by atoms with E-state index in [1.165, 1.54) is 6.42 Å². The van der Waals surface area contributed by atoms with Crippen LogP contribution in [0.2, 0.25) is 0 Å². The molecule has 2 nitrogen and oxygen atoms in total. The van der Waals surface area contributed by atoms with E-state index >= 15 is 0 Å². The van der Waals surface area contributed by atoms with Gasteiger partial charge in [-0.15, -0.1) is 11.8 Å². The van der Waals surface area contributed by atoms with E-state index in [2.05, 4.69) is 9.98 Å². The Labute approximate surface area is 58.5 Å². The molecule has 3 heteroatoms. The van der Waals surface area contributed by atoms with Crippen LogP contribution in [0.4, 0.5) is 0 Å². The van der Waals surface area contributed by atoms with E-state index in [-0.39, 0.29) is 6.17 Å². The van der Waals surface area contributed by atoms with Crippen LogP contribution in [0.5, 0.6) is 0 Å². The zero-order valence-electron chi connectivity index (χ0n) is 5.03. The molecule has 2 aliphatic rings. The minimum Gasteiger partial charge on any atom is -0.270 e. The SMILES string of the molecule is C1=NC2N=CSC2CC1. The number of nitrogens with zero attached hydrogens (tertiary/aromatic N) is 2. The first-order valence-electron chi connectivity index (χ1n) is 3.15. The summed E-state index contributed by atoms with van der Waals surface area (Å²) in [7, 11) is 0. The standard InChI is InChI=1S/C6H8N2S/c1-2-5-6(7-3-1)8-4-9-5/h3-6H,1-2H2. The van der Waals surface area contributed by atoms with Crippen molar-refractivity contribution in [2.24, 2.45) is 9.98 Å². The third-order valence-corrected chi connectivity index (χ3v) is 2.69. The van der Waals surface area contributed by atoms with Gasteiger partial charge in [-0.3, -0.25) is 9.98 Å². The van der Waals surface area contributed by atoms with Gasteiger partial charge < -0.3 is 0 Å². The van der Waals surface area contributed by atoms with Crippen molar-refractivity contribution in [1.29, 1.82) is 0 Å². The van der Waals surface area contributed by atoms with Gasteiger partial charge in [0, 0.05) is 6.21 Å². The van der Waals surface area contributed by atoms with Gasteiger partial charge in [-0.25, -0.2) is 0 Å². The highest BCUT2D eigenvalue weighted by Gasteiger charge is 2.25. The summed E-state index contributed by atoms with van der Waals surface area (Å²) in [5, 5.41) is 0.662. The normalized spacial score (nSPS) is 39.1. The molecule has 2 aliphatic heterocycles. The third kappa shape index (κ3) is 0.894. The van der Waals surface area contributed by atoms with Gasteiger partial charge in [0.25, 0.3) is 0 Å². The molecule has 0 aromatic carbocycles. The van der Waals surface area contributed by atoms with Gasteiger partial charge in [0.1, 0.15) is 0 Å². The average Bonchev–Trinajstić information content (AvgIpc) is 2.33. The van der Waals surface area contributed by atoms with Crippen molar-refractivity contribution < 1.29 is 0 Å². The summed E-state index contributed by atoms with van der Waals surface area (Å²) in [6.07, 6.45) is 4.64. The molecule has 2 atom stereocenters. The summed E-state index contributed by atoms with van der Waals surface area (Å²) in [6, 6.07) is 0. The molecule has 2 unspecified atom stereocenters. The Hall–Kier alpha value is -0.310. The van der Waals surface area contributed by atoms with E-state index in [1.54, 1.807) is 0 Å². The summed E-state index contributed by atoms with van der Waals surface area (Å²) in [5.74, 6) is 0. The lowest BCUT2D eigenvalue weighted by Crippen LogP contribution is -2.18. The van der Waals surface area contributed by atoms with Crippen molar-refractivity contribution in [2.45, 2.75) is 24.3 Å². The molecule has 0 bridgehead atoms. The van der Waals surface area contributed by atoms with Crippen molar-refractivity contribution >= 4 is 23.5 Å². The Balaban J connectivity index is 2.17. The lowest BCUT2D eigenvalue weighted by atomic mass is 10.2. The molecule has 0 spiro atoms. The first-order chi connectivity index (χ1) is 4.47. The zero-order valence-corrected chi connectivity index (χ0v) is 5.84. The number of hydrogen-bond donors (Lipinski definition) is 0. The Morgan fingerprint density at radius 2 is 2.44 bits per heavy atom. The molecule has 48 valence electrons. The topological polar surface area (TPSA) is 24.7 Å². The smallest absolute Gasteiger partial charge is 0.151 e. The molecule has 0 saturated heterocycles. The monoisotopic (exact) mass is 140 g/mol. The summed E-state index contributed by atoms with van der Waals surface area (Å²) in [6.45, 7) is 0. The molecule has 0 radical (unpaired) electrons. The highest BCUT2D eigenvalue weighted by Crippen LogP contribution is 2.28. The molecule has 0 aliphatic carbocycles. The van der Waals surface area contributed by atoms with Crippen LogP contribution in [0.1, 0.15) is 12.8 Å². The molecule has 0 fully saturated rings. The number of aliphatic imine (C=N–C) groups is 2. The number of fused-ring (bicyclic) bond motifs is 1. The van der Waals surface area contributed by atoms with Gasteiger partial charge in [0.15, 0.2) is 6.17 Å². The van der Waals surface area contributed by atoms with Crippen LogP contribution in [-0.2, 0) is 0 Å². The fourth-order valence-electron chi connectivity index (χ4n) is 1.11. The highest BCUT2D eigenvalue weighted by molar-refractivity contribution is 8.12. The Morgan fingerprint density at radius 1 is 1.44 bits per heavy atom. The predicted molar refractivity (Wildman–Crippen MR) is 41.4 cm³/mol. The van der Waals surface area contributed by atoms with Gasteiger partial charge in [-0.05, 0) is 12.8 Å². The molecule has 0 saturated carbocycles. The predicted octanol–water partition coefficient (Wildman–Crippen LogP) is 1.32. The Kier molecular flexibility index (Phi) is 1.30. The van der Waals surface area contributed by atoms with Crippen LogP contribution in [0.25, 0.3) is 0 Å². The van der Waals surface area contributed by atoms with Crippen LogP contribution in [0.15, 0.2) is 9.98 Å². The fraction of sp³-hybridized carbons (Fsp3) is 0.667. The van der Waals surface area contributed by atoms with Crippen molar-refractivity contribution in [2.75, 3.05) is 0 Å². The van der Waals surface area contributed by atoms with E-state index in [1.807, 2.05) is 23.5 Å². The molecular formula is C6H8N2S. The van der Waals surface area contributed by atoms with Crippen LogP contribution < -0.4 is 0 Å². The first-order valence-corrected chi connectivity index (χ1v) is 4.10. The van der Waals surface area contributed by atoms with E-state index in [4.69, 9.17) is 0 Å². The maximum Gasteiger partial charge on any atom is 0.151 e. The number of hydrogen-bond acceptors (Lipinski definition) is 3. The van der Waals surface area contributed by atoms with Crippen molar-refractivity contribution in [3.8, 4) is 0 Å². The molecule has 2 rings (SSSR count). The maximum absolute atomic E-state index is 4.25. The summed E-state index contributed by atoms with van der Waals surface area (Å²) in [5.41, 5.74) is 1.93. The minimum absolute atomic E-state index is 0.267. The molecule has 0 aromatic rings. The minimum atomic E-state index is 0.267. The molecule has 2 heterocycles. The lowest BCUT2D eigenvalue weighted by molar-refractivity contribution is 0.626. The Morgan fingerprint density at radius 3 is 3.33 bits per heavy atom. The van der Waals surface area contributed by atoms with Gasteiger partial charge >= 0.3 is 0 Å². The van der Waals surface area contributed by atoms with Gasteiger partial charge in [0.2, 0.25) is 0 Å². The maximum atomic E-state index is 4.25. The molecule has 0 N–H and O–H groups in total. The van der Waals surface area contributed by atoms with Crippen molar-refractivity contribution in [1.82, 2.24) is 0 Å². The summed E-state index contributed by atoms with van der Waals surface area (Å²) >= 11 is 1.82.